The first-order valence-electron chi connectivity index (χ1n) is 4.42. The molecule has 1 aromatic heterocycles. The fourth-order valence-electron chi connectivity index (χ4n) is 1.13. The minimum absolute atomic E-state index is 0.828. The molecule has 0 fully saturated rings. The van der Waals surface area contributed by atoms with Gasteiger partial charge in [0.1, 0.15) is 0 Å². The molecule has 0 aromatic carbocycles. The zero-order chi connectivity index (χ0) is 9.80. The summed E-state index contributed by atoms with van der Waals surface area (Å²) in [6.07, 6.45) is 4.50. The lowest BCUT2D eigenvalue weighted by atomic mass is 10.4. The van der Waals surface area contributed by atoms with E-state index >= 15 is 0 Å². The second kappa shape index (κ2) is 4.28. The lowest BCUT2D eigenvalue weighted by Gasteiger charge is -2.14. The summed E-state index contributed by atoms with van der Waals surface area (Å²) >= 11 is 1.60. The molecule has 3 nitrogen and oxygen atoms in total. The third-order valence-electron chi connectivity index (χ3n) is 1.80. The number of rotatable bonds is 1. The smallest absolute Gasteiger partial charge is 0.165 e. The zero-order valence-electron chi connectivity index (χ0n) is 7.73. The Morgan fingerprint density at radius 2 is 2.43 bits per heavy atom. The standard InChI is InChI=1S/C10H11N3S/c1-8-4-6-12-10(14-8)13-9-3-2-5-11-7-9/h2-3,5,7H,1,4,6H2,(H,12,13). The monoisotopic (exact) mass is 205 g/mol. The Morgan fingerprint density at radius 1 is 1.50 bits per heavy atom. The molecule has 0 saturated heterocycles. The predicted molar refractivity (Wildman–Crippen MR) is 61.5 cm³/mol. The number of nitrogens with zero attached hydrogens (tertiary/aromatic N) is 2. The SMILES string of the molecule is C=C1CCN=C(Nc2cccnc2)S1. The summed E-state index contributed by atoms with van der Waals surface area (Å²) in [7, 11) is 0. The van der Waals surface area contributed by atoms with Crippen LogP contribution in [0, 0.1) is 0 Å². The van der Waals surface area contributed by atoms with Crippen molar-refractivity contribution in [1.82, 2.24) is 4.98 Å². The third-order valence-corrected chi connectivity index (χ3v) is 2.72. The number of hydrogen-bond donors (Lipinski definition) is 1. The van der Waals surface area contributed by atoms with E-state index < -0.39 is 0 Å². The number of amidine groups is 1. The van der Waals surface area contributed by atoms with Crippen LogP contribution in [0.3, 0.4) is 0 Å². The van der Waals surface area contributed by atoms with Crippen molar-refractivity contribution in [2.45, 2.75) is 6.42 Å². The molecular weight excluding hydrogens is 194 g/mol. The molecule has 1 aliphatic heterocycles. The molecule has 1 aromatic rings. The van der Waals surface area contributed by atoms with Crippen LogP contribution in [0.15, 0.2) is 41.0 Å². The summed E-state index contributed by atoms with van der Waals surface area (Å²) in [6.45, 7) is 4.76. The molecule has 1 aliphatic rings. The van der Waals surface area contributed by atoms with Gasteiger partial charge in [-0.15, -0.1) is 0 Å². The minimum Gasteiger partial charge on any atom is -0.333 e. The van der Waals surface area contributed by atoms with Crippen molar-refractivity contribution < 1.29 is 0 Å². The second-order valence-corrected chi connectivity index (χ2v) is 4.11. The highest BCUT2D eigenvalue weighted by atomic mass is 32.2. The number of anilines is 1. The summed E-state index contributed by atoms with van der Waals surface area (Å²) in [5, 5.41) is 4.11. The Bertz CT molecular complexity index is 359. The number of pyridine rings is 1. The van der Waals surface area contributed by atoms with Crippen LogP contribution < -0.4 is 5.32 Å². The van der Waals surface area contributed by atoms with E-state index in [-0.39, 0.29) is 0 Å². The number of thioether (sulfide) groups is 1. The van der Waals surface area contributed by atoms with Gasteiger partial charge in [0.05, 0.1) is 11.9 Å². The highest BCUT2D eigenvalue weighted by Crippen LogP contribution is 2.24. The van der Waals surface area contributed by atoms with Crippen LogP contribution in [-0.4, -0.2) is 16.7 Å². The van der Waals surface area contributed by atoms with Gasteiger partial charge in [-0.25, -0.2) is 0 Å². The molecule has 0 saturated carbocycles. The first-order chi connectivity index (χ1) is 6.84. The average molecular weight is 205 g/mol. The Hall–Kier alpha value is -1.29. The summed E-state index contributed by atoms with van der Waals surface area (Å²) in [5.74, 6) is 0. The number of hydrogen-bond acceptors (Lipinski definition) is 4. The largest absolute Gasteiger partial charge is 0.333 e. The maximum Gasteiger partial charge on any atom is 0.165 e. The van der Waals surface area contributed by atoms with E-state index in [1.54, 1.807) is 24.2 Å². The second-order valence-electron chi connectivity index (χ2n) is 2.94. The summed E-state index contributed by atoms with van der Waals surface area (Å²) < 4.78 is 0. The lowest BCUT2D eigenvalue weighted by Crippen LogP contribution is -2.12. The third kappa shape index (κ3) is 2.35. The van der Waals surface area contributed by atoms with Crippen LogP contribution in [0.25, 0.3) is 0 Å². The van der Waals surface area contributed by atoms with Crippen molar-refractivity contribution in [2.24, 2.45) is 4.99 Å². The summed E-state index contributed by atoms with van der Waals surface area (Å²) in [6, 6.07) is 3.86. The van der Waals surface area contributed by atoms with Crippen LogP contribution in [0.2, 0.25) is 0 Å². The molecule has 2 heterocycles. The molecule has 0 amide bonds. The van der Waals surface area contributed by atoms with Crippen molar-refractivity contribution in [3.05, 3.63) is 36.0 Å². The topological polar surface area (TPSA) is 37.3 Å². The molecule has 14 heavy (non-hydrogen) atoms. The van der Waals surface area contributed by atoms with Crippen LogP contribution in [-0.2, 0) is 0 Å². The quantitative estimate of drug-likeness (QED) is 0.765. The normalized spacial score (nSPS) is 16.3. The average Bonchev–Trinajstić information content (AvgIpc) is 2.19. The van der Waals surface area contributed by atoms with Crippen LogP contribution in [0.5, 0.6) is 0 Å². The van der Waals surface area contributed by atoms with Gasteiger partial charge in [0, 0.05) is 12.7 Å². The summed E-state index contributed by atoms with van der Waals surface area (Å²) in [4.78, 5) is 9.53. The van der Waals surface area contributed by atoms with Crippen molar-refractivity contribution in [3.8, 4) is 0 Å². The minimum atomic E-state index is 0.828. The van der Waals surface area contributed by atoms with E-state index in [2.05, 4.69) is 21.9 Å². The number of aliphatic imine (C=N–C) groups is 1. The molecule has 0 spiro atoms. The van der Waals surface area contributed by atoms with Gasteiger partial charge in [-0.05, 0) is 23.5 Å². The van der Waals surface area contributed by atoms with E-state index in [0.717, 1.165) is 28.7 Å². The number of aromatic nitrogens is 1. The van der Waals surface area contributed by atoms with E-state index in [9.17, 15) is 0 Å². The Kier molecular flexibility index (Phi) is 2.84. The van der Waals surface area contributed by atoms with Crippen molar-refractivity contribution in [1.29, 1.82) is 0 Å². The molecule has 72 valence electrons. The van der Waals surface area contributed by atoms with Crippen molar-refractivity contribution >= 4 is 22.6 Å². The van der Waals surface area contributed by atoms with Crippen molar-refractivity contribution in [2.75, 3.05) is 11.9 Å². The van der Waals surface area contributed by atoms with Crippen LogP contribution in [0.1, 0.15) is 6.42 Å². The first kappa shape index (κ1) is 9.27. The molecule has 2 rings (SSSR count). The highest BCUT2D eigenvalue weighted by Gasteiger charge is 2.08. The molecule has 0 atom stereocenters. The molecular formula is C10H11N3S. The van der Waals surface area contributed by atoms with Gasteiger partial charge in [0.15, 0.2) is 5.17 Å². The van der Waals surface area contributed by atoms with Gasteiger partial charge < -0.3 is 5.32 Å². The fourth-order valence-corrected chi connectivity index (χ4v) is 1.92. The van der Waals surface area contributed by atoms with Gasteiger partial charge in [0.2, 0.25) is 0 Å². The lowest BCUT2D eigenvalue weighted by molar-refractivity contribution is 0.994. The van der Waals surface area contributed by atoms with E-state index in [4.69, 9.17) is 0 Å². The van der Waals surface area contributed by atoms with Gasteiger partial charge >= 0.3 is 0 Å². The van der Waals surface area contributed by atoms with Gasteiger partial charge in [0.25, 0.3) is 0 Å². The molecule has 4 heteroatoms. The molecule has 1 N–H and O–H groups in total. The predicted octanol–water partition coefficient (Wildman–Crippen LogP) is 2.50. The molecule has 0 unspecified atom stereocenters. The molecule has 0 bridgehead atoms. The van der Waals surface area contributed by atoms with Crippen LogP contribution in [0.4, 0.5) is 5.69 Å². The van der Waals surface area contributed by atoms with Crippen molar-refractivity contribution in [3.63, 3.8) is 0 Å². The molecule has 0 radical (unpaired) electrons. The fraction of sp³-hybridized carbons (Fsp3) is 0.200. The van der Waals surface area contributed by atoms with E-state index in [0.29, 0.717) is 0 Å². The van der Waals surface area contributed by atoms with Gasteiger partial charge in [-0.1, -0.05) is 18.3 Å². The Morgan fingerprint density at radius 3 is 3.14 bits per heavy atom. The van der Waals surface area contributed by atoms with Crippen LogP contribution >= 0.6 is 11.8 Å². The zero-order valence-corrected chi connectivity index (χ0v) is 8.55. The van der Waals surface area contributed by atoms with E-state index in [1.807, 2.05) is 12.1 Å². The molecule has 0 aliphatic carbocycles. The highest BCUT2D eigenvalue weighted by molar-refractivity contribution is 8.17. The number of nitrogens with one attached hydrogen (secondary N) is 1. The summed E-state index contributed by atoms with van der Waals surface area (Å²) in [5.41, 5.74) is 0.966. The Labute approximate surface area is 87.3 Å². The van der Waals surface area contributed by atoms with E-state index in [1.165, 1.54) is 0 Å². The maximum absolute atomic E-state index is 4.36. The van der Waals surface area contributed by atoms with Gasteiger partial charge in [-0.2, -0.15) is 0 Å². The van der Waals surface area contributed by atoms with Gasteiger partial charge in [-0.3, -0.25) is 9.98 Å². The maximum atomic E-state index is 4.36. The Balaban J connectivity index is 2.05. The first-order valence-corrected chi connectivity index (χ1v) is 5.23.